The van der Waals surface area contributed by atoms with E-state index in [9.17, 15) is 26.4 Å². The Hall–Kier alpha value is -2.14. The van der Waals surface area contributed by atoms with Crippen LogP contribution in [0.2, 0.25) is 5.02 Å². The number of nitrogens with one attached hydrogen (secondary N) is 2. The smallest absolute Gasteiger partial charge is 0.348 e. The third-order valence-electron chi connectivity index (χ3n) is 5.46. The molecule has 2 N–H and O–H groups in total. The molecule has 2 aromatic rings. The summed E-state index contributed by atoms with van der Waals surface area (Å²) in [5.41, 5.74) is -0.643. The first-order chi connectivity index (χ1) is 15.5. The number of alkyl halides is 3. The zero-order chi connectivity index (χ0) is 24.2. The van der Waals surface area contributed by atoms with Crippen molar-refractivity contribution < 1.29 is 26.4 Å². The van der Waals surface area contributed by atoms with Gasteiger partial charge in [-0.05, 0) is 41.5 Å². The van der Waals surface area contributed by atoms with Crippen molar-refractivity contribution in [3.63, 3.8) is 0 Å². The minimum Gasteiger partial charge on any atom is -0.348 e. The van der Waals surface area contributed by atoms with E-state index in [1.807, 2.05) is 4.90 Å². The van der Waals surface area contributed by atoms with Crippen LogP contribution in [0.1, 0.15) is 34.0 Å². The quantitative estimate of drug-likeness (QED) is 0.605. The Kier molecular flexibility index (Phi) is 8.04. The van der Waals surface area contributed by atoms with Gasteiger partial charge in [-0.25, -0.2) is 8.42 Å². The molecule has 11 heteroatoms. The van der Waals surface area contributed by atoms with Gasteiger partial charge in [-0.2, -0.15) is 13.2 Å². The van der Waals surface area contributed by atoms with E-state index >= 15 is 0 Å². The first kappa shape index (κ1) is 25.5. The van der Waals surface area contributed by atoms with Crippen LogP contribution in [0.25, 0.3) is 0 Å². The van der Waals surface area contributed by atoms with E-state index in [1.165, 1.54) is 37.3 Å². The van der Waals surface area contributed by atoms with Crippen LogP contribution in [0.5, 0.6) is 0 Å². The lowest BCUT2D eigenvalue weighted by Gasteiger charge is -2.28. The van der Waals surface area contributed by atoms with Crippen molar-refractivity contribution in [3.05, 3.63) is 63.7 Å². The maximum Gasteiger partial charge on any atom is 0.416 e. The largest absolute Gasteiger partial charge is 0.416 e. The molecule has 1 aliphatic rings. The molecule has 1 saturated heterocycles. The number of rotatable bonds is 7. The number of carbonyl (C=O) groups is 1. The van der Waals surface area contributed by atoms with Crippen molar-refractivity contribution in [2.75, 3.05) is 31.9 Å². The molecule has 0 unspecified atom stereocenters. The lowest BCUT2D eigenvalue weighted by Crippen LogP contribution is -2.43. The van der Waals surface area contributed by atoms with Gasteiger partial charge < -0.3 is 10.6 Å². The molecule has 0 atom stereocenters. The summed E-state index contributed by atoms with van der Waals surface area (Å²) >= 11 is 5.97. The molecule has 0 spiro atoms. The molecule has 1 amide bonds. The van der Waals surface area contributed by atoms with Crippen LogP contribution in [-0.2, 0) is 29.1 Å². The molecule has 0 aromatic heterocycles. The minimum atomic E-state index is -4.62. The fourth-order valence-electron chi connectivity index (χ4n) is 3.65. The number of halogens is 4. The number of sulfone groups is 1. The van der Waals surface area contributed by atoms with Gasteiger partial charge in [-0.1, -0.05) is 24.6 Å². The normalized spacial score (nSPS) is 15.4. The van der Waals surface area contributed by atoms with Gasteiger partial charge in [0.25, 0.3) is 5.91 Å². The first-order valence-electron chi connectivity index (χ1n) is 10.4. The predicted molar refractivity (Wildman–Crippen MR) is 120 cm³/mol. The number of hydrogen-bond donors (Lipinski definition) is 2. The molecule has 1 heterocycles. The summed E-state index contributed by atoms with van der Waals surface area (Å²) in [5, 5.41) is 5.95. The molecule has 180 valence electrons. The summed E-state index contributed by atoms with van der Waals surface area (Å²) < 4.78 is 65.8. The number of piperazine rings is 1. The highest BCUT2D eigenvalue weighted by atomic mass is 35.5. The van der Waals surface area contributed by atoms with Crippen molar-refractivity contribution in [2.24, 2.45) is 0 Å². The lowest BCUT2D eigenvalue weighted by atomic mass is 10.0. The van der Waals surface area contributed by atoms with Crippen molar-refractivity contribution in [2.45, 2.75) is 31.1 Å². The molecule has 0 aliphatic carbocycles. The van der Waals surface area contributed by atoms with Crippen LogP contribution < -0.4 is 10.6 Å². The van der Waals surface area contributed by atoms with Gasteiger partial charge >= 0.3 is 6.18 Å². The molecule has 1 aliphatic heterocycles. The summed E-state index contributed by atoms with van der Waals surface area (Å²) in [6.45, 7) is 4.14. The van der Waals surface area contributed by atoms with E-state index in [1.54, 1.807) is 0 Å². The maximum absolute atomic E-state index is 13.7. The third kappa shape index (κ3) is 6.47. The monoisotopic (exact) mass is 503 g/mol. The zero-order valence-electron chi connectivity index (χ0n) is 18.0. The Bertz CT molecular complexity index is 1120. The lowest BCUT2D eigenvalue weighted by molar-refractivity contribution is -0.138. The van der Waals surface area contributed by atoms with Crippen LogP contribution in [-0.4, -0.2) is 51.2 Å². The highest BCUT2D eigenvalue weighted by molar-refractivity contribution is 7.91. The summed E-state index contributed by atoms with van der Waals surface area (Å²) in [4.78, 5) is 14.6. The zero-order valence-corrected chi connectivity index (χ0v) is 19.6. The molecular formula is C22H25ClF3N3O3S. The number of nitrogens with zero attached hydrogens (tertiary/aromatic N) is 1. The SMILES string of the molecule is CCS(=O)(=O)c1ccc(Cl)cc1CNC(=O)c1ccc(CN2CCNCC2)c(C(F)(F)F)c1. The van der Waals surface area contributed by atoms with E-state index in [2.05, 4.69) is 10.6 Å². The van der Waals surface area contributed by atoms with E-state index in [0.717, 1.165) is 6.07 Å². The van der Waals surface area contributed by atoms with Gasteiger partial charge in [0.1, 0.15) is 0 Å². The fourth-order valence-corrected chi connectivity index (χ4v) is 4.96. The second kappa shape index (κ2) is 10.4. The van der Waals surface area contributed by atoms with Gasteiger partial charge in [0.2, 0.25) is 0 Å². The van der Waals surface area contributed by atoms with Crippen molar-refractivity contribution in [1.82, 2.24) is 15.5 Å². The van der Waals surface area contributed by atoms with Gasteiger partial charge in [0, 0.05) is 49.9 Å². The second-order valence-corrected chi connectivity index (χ2v) is 10.4. The Morgan fingerprint density at radius 3 is 2.45 bits per heavy atom. The van der Waals surface area contributed by atoms with Crippen LogP contribution in [0, 0.1) is 0 Å². The molecule has 1 fully saturated rings. The maximum atomic E-state index is 13.7. The molecule has 2 aromatic carbocycles. The van der Waals surface area contributed by atoms with Crippen molar-refractivity contribution >= 4 is 27.3 Å². The van der Waals surface area contributed by atoms with E-state index in [0.29, 0.717) is 26.2 Å². The third-order valence-corrected chi connectivity index (χ3v) is 7.52. The van der Waals surface area contributed by atoms with Crippen LogP contribution in [0.3, 0.4) is 0 Å². The van der Waals surface area contributed by atoms with E-state index < -0.39 is 27.5 Å². The van der Waals surface area contributed by atoms with Gasteiger partial charge in [0.05, 0.1) is 16.2 Å². The summed E-state index contributed by atoms with van der Waals surface area (Å²) in [7, 11) is -3.57. The number of hydrogen-bond acceptors (Lipinski definition) is 5. The van der Waals surface area contributed by atoms with E-state index in [4.69, 9.17) is 11.6 Å². The molecular weight excluding hydrogens is 479 g/mol. The number of benzene rings is 2. The highest BCUT2D eigenvalue weighted by Gasteiger charge is 2.34. The van der Waals surface area contributed by atoms with Gasteiger partial charge in [-0.3, -0.25) is 9.69 Å². The summed E-state index contributed by atoms with van der Waals surface area (Å²) in [5.74, 6) is -0.881. The molecule has 6 nitrogen and oxygen atoms in total. The van der Waals surface area contributed by atoms with Crippen LogP contribution in [0.4, 0.5) is 13.2 Å². The average molecular weight is 504 g/mol. The molecule has 0 bridgehead atoms. The Morgan fingerprint density at radius 1 is 1.12 bits per heavy atom. The standard InChI is InChI=1S/C22H25ClF3N3O3S/c1-2-33(31,32)20-6-5-18(23)11-17(20)13-28-21(30)15-3-4-16(19(12-15)22(24,25)26)14-29-9-7-27-8-10-29/h3-6,11-12,27H,2,7-10,13-14H2,1H3,(H,28,30). The molecule has 3 rings (SSSR count). The van der Waals surface area contributed by atoms with Gasteiger partial charge in [-0.15, -0.1) is 0 Å². The Morgan fingerprint density at radius 2 is 1.82 bits per heavy atom. The summed E-state index contributed by atoms with van der Waals surface area (Å²) in [6.07, 6.45) is -4.62. The van der Waals surface area contributed by atoms with Crippen LogP contribution in [0.15, 0.2) is 41.3 Å². The van der Waals surface area contributed by atoms with Crippen molar-refractivity contribution in [3.8, 4) is 0 Å². The molecule has 33 heavy (non-hydrogen) atoms. The average Bonchev–Trinajstić information content (AvgIpc) is 2.77. The Labute approximate surface area is 196 Å². The van der Waals surface area contributed by atoms with Crippen molar-refractivity contribution in [1.29, 1.82) is 0 Å². The van der Waals surface area contributed by atoms with E-state index in [-0.39, 0.29) is 45.5 Å². The molecule has 0 radical (unpaired) electrons. The highest BCUT2D eigenvalue weighted by Crippen LogP contribution is 2.33. The van der Waals surface area contributed by atoms with Gasteiger partial charge in [0.15, 0.2) is 9.84 Å². The predicted octanol–water partition coefficient (Wildman–Crippen LogP) is 3.49. The topological polar surface area (TPSA) is 78.5 Å². The van der Waals surface area contributed by atoms with Crippen LogP contribution >= 0.6 is 11.6 Å². The number of carbonyl (C=O) groups excluding carboxylic acids is 1. The Balaban J connectivity index is 1.81. The summed E-state index contributed by atoms with van der Waals surface area (Å²) in [6, 6.07) is 7.73. The second-order valence-electron chi connectivity index (χ2n) is 7.73. The number of amides is 1. The fraction of sp³-hybridized carbons (Fsp3) is 0.409. The first-order valence-corrected chi connectivity index (χ1v) is 12.5. The minimum absolute atomic E-state index is 0.0250. The molecule has 0 saturated carbocycles.